The van der Waals surface area contributed by atoms with Gasteiger partial charge in [0.15, 0.2) is 0 Å². The Balaban J connectivity index is 2.47. The number of nitrogens with zero attached hydrogens (tertiary/aromatic N) is 2. The summed E-state index contributed by atoms with van der Waals surface area (Å²) in [5.74, 6) is -0.925. The fourth-order valence-corrected chi connectivity index (χ4v) is 5.14. The van der Waals surface area contributed by atoms with Gasteiger partial charge in [-0.2, -0.15) is 0 Å². The van der Waals surface area contributed by atoms with E-state index in [1.165, 1.54) is 23.1 Å². The summed E-state index contributed by atoms with van der Waals surface area (Å²) in [5.41, 5.74) is 0.694. The number of anilines is 1. The van der Waals surface area contributed by atoms with Gasteiger partial charge in [0.05, 0.1) is 27.0 Å². The zero-order chi connectivity index (χ0) is 27.0. The number of hydrogen-bond acceptors (Lipinski definition) is 4. The van der Waals surface area contributed by atoms with Crippen LogP contribution in [0.1, 0.15) is 38.7 Å². The highest BCUT2D eigenvalue weighted by Crippen LogP contribution is 2.31. The predicted octanol–water partition coefficient (Wildman–Crippen LogP) is 5.79. The number of amides is 2. The van der Waals surface area contributed by atoms with Crippen LogP contribution < -0.4 is 9.62 Å². The Morgan fingerprint density at radius 2 is 1.64 bits per heavy atom. The normalized spacial score (nSPS) is 12.2. The van der Waals surface area contributed by atoms with E-state index in [1.807, 2.05) is 6.92 Å². The highest BCUT2D eigenvalue weighted by Gasteiger charge is 2.32. The molecule has 1 unspecified atom stereocenters. The molecule has 0 fully saturated rings. The number of benzene rings is 2. The number of hydrogen-bond donors (Lipinski definition) is 1. The number of carbonyl (C=O) groups excluding carboxylic acids is 2. The lowest BCUT2D eigenvalue weighted by atomic mass is 10.1. The van der Waals surface area contributed by atoms with Crippen LogP contribution in [0.15, 0.2) is 36.4 Å². The van der Waals surface area contributed by atoms with Crippen LogP contribution in [0.5, 0.6) is 0 Å². The summed E-state index contributed by atoms with van der Waals surface area (Å²) in [4.78, 5) is 28.0. The van der Waals surface area contributed by atoms with E-state index in [-0.39, 0.29) is 28.2 Å². The van der Waals surface area contributed by atoms with Crippen molar-refractivity contribution in [1.82, 2.24) is 10.2 Å². The standard InChI is InChI=1S/C24H29Cl4N3O4S/c1-4-6-11-29-24(33)21(5-2)30(14-16-7-9-18(26)20(28)12-16)23(32)15-31(36(3,34)35)22-13-17(25)8-10-19(22)27/h7-10,12-13,21H,4-6,11,14-15H2,1-3H3,(H,29,33). The third-order valence-electron chi connectivity index (χ3n) is 5.41. The van der Waals surface area contributed by atoms with Crippen molar-refractivity contribution in [1.29, 1.82) is 0 Å². The van der Waals surface area contributed by atoms with Crippen LogP contribution >= 0.6 is 46.4 Å². The van der Waals surface area contributed by atoms with Gasteiger partial charge in [0.25, 0.3) is 0 Å². The van der Waals surface area contributed by atoms with Crippen LogP contribution in [-0.4, -0.2) is 50.5 Å². The Hall–Kier alpha value is -1.71. The van der Waals surface area contributed by atoms with Crippen molar-refractivity contribution >= 4 is 73.9 Å². The van der Waals surface area contributed by atoms with Crippen LogP contribution in [-0.2, 0) is 26.2 Å². The van der Waals surface area contributed by atoms with E-state index in [4.69, 9.17) is 46.4 Å². The van der Waals surface area contributed by atoms with Gasteiger partial charge in [-0.1, -0.05) is 72.7 Å². The van der Waals surface area contributed by atoms with E-state index >= 15 is 0 Å². The van der Waals surface area contributed by atoms with E-state index < -0.39 is 28.5 Å². The monoisotopic (exact) mass is 595 g/mol. The van der Waals surface area contributed by atoms with Gasteiger partial charge >= 0.3 is 0 Å². The van der Waals surface area contributed by atoms with Crippen LogP contribution in [0.4, 0.5) is 5.69 Å². The summed E-state index contributed by atoms with van der Waals surface area (Å²) in [7, 11) is -3.94. The lowest BCUT2D eigenvalue weighted by Crippen LogP contribution is -2.52. The fourth-order valence-electron chi connectivity index (χ4n) is 3.53. The molecule has 198 valence electrons. The molecular weight excluding hydrogens is 568 g/mol. The summed E-state index contributed by atoms with van der Waals surface area (Å²) in [5, 5.41) is 3.87. The van der Waals surface area contributed by atoms with Gasteiger partial charge in [0, 0.05) is 18.1 Å². The number of halogens is 4. The van der Waals surface area contributed by atoms with Gasteiger partial charge in [-0.3, -0.25) is 13.9 Å². The van der Waals surface area contributed by atoms with Crippen molar-refractivity contribution in [3.05, 3.63) is 62.1 Å². The lowest BCUT2D eigenvalue weighted by Gasteiger charge is -2.33. The van der Waals surface area contributed by atoms with E-state index in [1.54, 1.807) is 25.1 Å². The predicted molar refractivity (Wildman–Crippen MR) is 148 cm³/mol. The number of carbonyl (C=O) groups is 2. The second-order valence-corrected chi connectivity index (χ2v) is 11.8. The van der Waals surface area contributed by atoms with Gasteiger partial charge in [0.1, 0.15) is 12.6 Å². The highest BCUT2D eigenvalue weighted by molar-refractivity contribution is 7.92. The maximum atomic E-state index is 13.7. The van der Waals surface area contributed by atoms with Crippen LogP contribution in [0.2, 0.25) is 20.1 Å². The summed E-state index contributed by atoms with van der Waals surface area (Å²) in [6.45, 7) is 3.68. The topological polar surface area (TPSA) is 86.8 Å². The van der Waals surface area contributed by atoms with Crippen molar-refractivity contribution < 1.29 is 18.0 Å². The molecule has 0 spiro atoms. The molecule has 2 aromatic carbocycles. The van der Waals surface area contributed by atoms with Crippen molar-refractivity contribution in [2.24, 2.45) is 0 Å². The number of unbranched alkanes of at least 4 members (excludes halogenated alkanes) is 1. The minimum atomic E-state index is -3.94. The van der Waals surface area contributed by atoms with E-state index in [2.05, 4.69) is 5.32 Å². The molecule has 12 heteroatoms. The van der Waals surface area contributed by atoms with Gasteiger partial charge in [-0.25, -0.2) is 8.42 Å². The minimum absolute atomic E-state index is 0.0102. The average molecular weight is 597 g/mol. The zero-order valence-electron chi connectivity index (χ0n) is 20.2. The molecule has 1 atom stereocenters. The third kappa shape index (κ3) is 8.42. The first kappa shape index (κ1) is 30.5. The maximum absolute atomic E-state index is 13.7. The molecule has 0 saturated carbocycles. The van der Waals surface area contributed by atoms with Gasteiger partial charge in [-0.05, 0) is 48.7 Å². The van der Waals surface area contributed by atoms with Crippen LogP contribution in [0.3, 0.4) is 0 Å². The number of sulfonamides is 1. The molecule has 0 aromatic heterocycles. The molecule has 0 aliphatic rings. The maximum Gasteiger partial charge on any atom is 0.244 e. The molecule has 7 nitrogen and oxygen atoms in total. The Bertz CT molecular complexity index is 1190. The molecule has 0 aliphatic heterocycles. The Labute approximate surface area is 232 Å². The first-order chi connectivity index (χ1) is 16.9. The lowest BCUT2D eigenvalue weighted by molar-refractivity contribution is -0.140. The fraction of sp³-hybridized carbons (Fsp3) is 0.417. The van der Waals surface area contributed by atoms with Crippen molar-refractivity contribution in [2.75, 3.05) is 23.7 Å². The van der Waals surface area contributed by atoms with Gasteiger partial charge in [0.2, 0.25) is 21.8 Å². The Morgan fingerprint density at radius 3 is 2.22 bits per heavy atom. The van der Waals surface area contributed by atoms with Crippen LogP contribution in [0, 0.1) is 0 Å². The summed E-state index contributed by atoms with van der Waals surface area (Å²) >= 11 is 24.5. The highest BCUT2D eigenvalue weighted by atomic mass is 35.5. The third-order valence-corrected chi connectivity index (χ3v) is 7.83. The summed E-state index contributed by atoms with van der Waals surface area (Å²) in [6, 6.07) is 8.38. The minimum Gasteiger partial charge on any atom is -0.354 e. The first-order valence-corrected chi connectivity index (χ1v) is 14.7. The molecule has 0 aliphatic carbocycles. The molecule has 2 amide bonds. The molecule has 0 bridgehead atoms. The molecule has 2 aromatic rings. The largest absolute Gasteiger partial charge is 0.354 e. The quantitative estimate of drug-likeness (QED) is 0.314. The molecule has 2 rings (SSSR count). The summed E-state index contributed by atoms with van der Waals surface area (Å²) in [6.07, 6.45) is 2.96. The molecule has 1 N–H and O–H groups in total. The summed E-state index contributed by atoms with van der Waals surface area (Å²) < 4.78 is 26.2. The SMILES string of the molecule is CCCCNC(=O)C(CC)N(Cc1ccc(Cl)c(Cl)c1)C(=O)CN(c1cc(Cl)ccc1Cl)S(C)(=O)=O. The second kappa shape index (κ2) is 13.7. The smallest absolute Gasteiger partial charge is 0.244 e. The number of rotatable bonds is 12. The van der Waals surface area contributed by atoms with Crippen molar-refractivity contribution in [3.63, 3.8) is 0 Å². The van der Waals surface area contributed by atoms with Crippen molar-refractivity contribution in [3.8, 4) is 0 Å². The molecule has 0 radical (unpaired) electrons. The zero-order valence-corrected chi connectivity index (χ0v) is 24.1. The van der Waals surface area contributed by atoms with Gasteiger partial charge < -0.3 is 10.2 Å². The van der Waals surface area contributed by atoms with Gasteiger partial charge in [-0.15, -0.1) is 0 Å². The molecule has 36 heavy (non-hydrogen) atoms. The second-order valence-electron chi connectivity index (χ2n) is 8.20. The Morgan fingerprint density at radius 1 is 0.972 bits per heavy atom. The first-order valence-electron chi connectivity index (χ1n) is 11.3. The molecular formula is C24H29Cl4N3O4S. The van der Waals surface area contributed by atoms with E-state index in [0.29, 0.717) is 28.6 Å². The van der Waals surface area contributed by atoms with E-state index in [9.17, 15) is 18.0 Å². The van der Waals surface area contributed by atoms with Crippen LogP contribution in [0.25, 0.3) is 0 Å². The number of nitrogens with one attached hydrogen (secondary N) is 1. The average Bonchev–Trinajstić information content (AvgIpc) is 2.80. The molecule has 0 saturated heterocycles. The van der Waals surface area contributed by atoms with Crippen molar-refractivity contribution in [2.45, 2.75) is 45.7 Å². The Kier molecular flexibility index (Phi) is 11.6. The van der Waals surface area contributed by atoms with E-state index in [0.717, 1.165) is 23.4 Å². The molecule has 0 heterocycles.